The van der Waals surface area contributed by atoms with Gasteiger partial charge in [-0.15, -0.1) is 12.4 Å². The van der Waals surface area contributed by atoms with E-state index in [1.807, 2.05) is 0 Å². The van der Waals surface area contributed by atoms with Crippen molar-refractivity contribution in [3.63, 3.8) is 0 Å². The Balaban J connectivity index is 0.00000289. The maximum absolute atomic E-state index is 13.4. The standard InChI is InChI=1S/C12H16F3NO.ClH/c1-12(2,3)11(17)10(16)6-4-8(14)9(15)5-7(6)13;/h4-5,10-11,17H,16H2,1-3H3;1H/t10-,11-;/m1./s1. The number of hydrogen-bond donors (Lipinski definition) is 2. The molecule has 0 bridgehead atoms. The minimum atomic E-state index is -1.27. The van der Waals surface area contributed by atoms with Crippen molar-refractivity contribution in [3.05, 3.63) is 35.1 Å². The largest absolute Gasteiger partial charge is 0.391 e. The summed E-state index contributed by atoms with van der Waals surface area (Å²) in [4.78, 5) is 0. The minimum absolute atomic E-state index is 0. The van der Waals surface area contributed by atoms with Crippen LogP contribution in [0.2, 0.25) is 0 Å². The molecule has 1 rings (SSSR count). The lowest BCUT2D eigenvalue weighted by Crippen LogP contribution is -2.37. The van der Waals surface area contributed by atoms with E-state index in [0.717, 1.165) is 0 Å². The molecule has 0 heterocycles. The normalized spacial score (nSPS) is 14.9. The zero-order chi connectivity index (χ0) is 13.4. The van der Waals surface area contributed by atoms with Crippen LogP contribution in [-0.2, 0) is 0 Å². The molecule has 0 spiro atoms. The Labute approximate surface area is 110 Å². The van der Waals surface area contributed by atoms with Crippen molar-refractivity contribution in [2.75, 3.05) is 0 Å². The van der Waals surface area contributed by atoms with Crippen molar-refractivity contribution in [2.45, 2.75) is 32.9 Å². The second-order valence-electron chi connectivity index (χ2n) is 5.12. The number of hydrogen-bond acceptors (Lipinski definition) is 2. The number of nitrogens with two attached hydrogens (primary N) is 1. The lowest BCUT2D eigenvalue weighted by atomic mass is 9.82. The van der Waals surface area contributed by atoms with E-state index in [0.29, 0.717) is 12.1 Å². The molecule has 0 saturated carbocycles. The van der Waals surface area contributed by atoms with Crippen LogP contribution in [0, 0.1) is 22.9 Å². The molecule has 0 radical (unpaired) electrons. The molecule has 0 aromatic heterocycles. The first-order valence-electron chi connectivity index (χ1n) is 5.22. The predicted octanol–water partition coefficient (Wildman–Crippen LogP) is 2.93. The first kappa shape index (κ1) is 17.2. The van der Waals surface area contributed by atoms with Crippen molar-refractivity contribution >= 4 is 12.4 Å². The summed E-state index contributed by atoms with van der Waals surface area (Å²) in [6.45, 7) is 5.15. The van der Waals surface area contributed by atoms with Gasteiger partial charge in [0.15, 0.2) is 11.6 Å². The first-order chi connectivity index (χ1) is 7.64. The highest BCUT2D eigenvalue weighted by molar-refractivity contribution is 5.85. The summed E-state index contributed by atoms with van der Waals surface area (Å²) in [5.41, 5.74) is 4.85. The fourth-order valence-corrected chi connectivity index (χ4v) is 1.50. The third-order valence-electron chi connectivity index (χ3n) is 2.63. The Kier molecular flexibility index (Phi) is 5.65. The Bertz CT molecular complexity index is 421. The Hall–Kier alpha value is -0.780. The number of benzene rings is 1. The molecule has 0 amide bonds. The van der Waals surface area contributed by atoms with Gasteiger partial charge in [-0.1, -0.05) is 20.8 Å². The summed E-state index contributed by atoms with van der Waals surface area (Å²) in [5, 5.41) is 9.88. The maximum atomic E-state index is 13.4. The number of rotatable bonds is 2. The molecule has 1 aromatic carbocycles. The van der Waals surface area contributed by atoms with Gasteiger partial charge >= 0.3 is 0 Å². The van der Waals surface area contributed by atoms with Crippen LogP contribution >= 0.6 is 12.4 Å². The summed E-state index contributed by atoms with van der Waals surface area (Å²) in [5.74, 6) is -3.42. The van der Waals surface area contributed by atoms with E-state index in [-0.39, 0.29) is 18.0 Å². The molecule has 2 atom stereocenters. The molecular formula is C12H17ClF3NO. The molecule has 104 valence electrons. The zero-order valence-corrected chi connectivity index (χ0v) is 11.2. The molecule has 6 heteroatoms. The number of halogens is 4. The van der Waals surface area contributed by atoms with Gasteiger partial charge in [-0.05, 0) is 11.5 Å². The molecule has 0 aliphatic heterocycles. The van der Waals surface area contributed by atoms with Crippen LogP contribution in [0.25, 0.3) is 0 Å². The zero-order valence-electron chi connectivity index (χ0n) is 10.4. The van der Waals surface area contributed by atoms with Gasteiger partial charge in [0, 0.05) is 11.6 Å². The van der Waals surface area contributed by atoms with Gasteiger partial charge < -0.3 is 10.8 Å². The first-order valence-corrected chi connectivity index (χ1v) is 5.22. The van der Waals surface area contributed by atoms with Crippen LogP contribution in [0.1, 0.15) is 32.4 Å². The van der Waals surface area contributed by atoms with Gasteiger partial charge in [-0.2, -0.15) is 0 Å². The fraction of sp³-hybridized carbons (Fsp3) is 0.500. The highest BCUT2D eigenvalue weighted by atomic mass is 35.5. The highest BCUT2D eigenvalue weighted by Crippen LogP contribution is 2.30. The SMILES string of the molecule is CC(C)(C)[C@H](O)[C@H](N)c1cc(F)c(F)cc1F.Cl. The Morgan fingerprint density at radius 3 is 1.94 bits per heavy atom. The monoisotopic (exact) mass is 283 g/mol. The molecule has 0 fully saturated rings. The molecule has 0 unspecified atom stereocenters. The van der Waals surface area contributed by atoms with Gasteiger partial charge in [-0.25, -0.2) is 13.2 Å². The third-order valence-corrected chi connectivity index (χ3v) is 2.63. The summed E-state index contributed by atoms with van der Waals surface area (Å²) in [6, 6.07) is 0.00889. The summed E-state index contributed by atoms with van der Waals surface area (Å²) < 4.78 is 39.2. The van der Waals surface area contributed by atoms with E-state index in [4.69, 9.17) is 5.73 Å². The van der Waals surface area contributed by atoms with Crippen molar-refractivity contribution < 1.29 is 18.3 Å². The smallest absolute Gasteiger partial charge is 0.161 e. The summed E-state index contributed by atoms with van der Waals surface area (Å²) >= 11 is 0. The van der Waals surface area contributed by atoms with E-state index in [2.05, 4.69) is 0 Å². The van der Waals surface area contributed by atoms with Crippen molar-refractivity contribution in [3.8, 4) is 0 Å². The molecule has 3 N–H and O–H groups in total. The van der Waals surface area contributed by atoms with E-state index in [1.54, 1.807) is 20.8 Å². The topological polar surface area (TPSA) is 46.2 Å². The lowest BCUT2D eigenvalue weighted by molar-refractivity contribution is 0.0390. The Morgan fingerprint density at radius 2 is 1.50 bits per heavy atom. The second-order valence-corrected chi connectivity index (χ2v) is 5.12. The minimum Gasteiger partial charge on any atom is -0.391 e. The average Bonchev–Trinajstić information content (AvgIpc) is 2.20. The van der Waals surface area contributed by atoms with E-state index in [9.17, 15) is 18.3 Å². The van der Waals surface area contributed by atoms with Crippen LogP contribution in [0.3, 0.4) is 0 Å². The van der Waals surface area contributed by atoms with Crippen molar-refractivity contribution in [1.29, 1.82) is 0 Å². The lowest BCUT2D eigenvalue weighted by Gasteiger charge is -2.31. The molecule has 0 saturated heterocycles. The van der Waals surface area contributed by atoms with Gasteiger partial charge in [0.25, 0.3) is 0 Å². The van der Waals surface area contributed by atoms with E-state index >= 15 is 0 Å². The van der Waals surface area contributed by atoms with Crippen LogP contribution in [-0.4, -0.2) is 11.2 Å². The molecule has 0 aliphatic rings. The molecule has 1 aromatic rings. The second kappa shape index (κ2) is 5.91. The van der Waals surface area contributed by atoms with E-state index in [1.165, 1.54) is 0 Å². The van der Waals surface area contributed by atoms with Crippen LogP contribution < -0.4 is 5.73 Å². The summed E-state index contributed by atoms with van der Waals surface area (Å²) in [6.07, 6.45) is -1.07. The maximum Gasteiger partial charge on any atom is 0.161 e. The van der Waals surface area contributed by atoms with Crippen LogP contribution in [0.4, 0.5) is 13.2 Å². The number of aliphatic hydroxyl groups is 1. The number of aliphatic hydroxyl groups excluding tert-OH is 1. The van der Waals surface area contributed by atoms with Crippen LogP contribution in [0.15, 0.2) is 12.1 Å². The molecule has 18 heavy (non-hydrogen) atoms. The van der Waals surface area contributed by atoms with Gasteiger partial charge in [0.05, 0.1) is 12.1 Å². The van der Waals surface area contributed by atoms with E-state index < -0.39 is 35.0 Å². The van der Waals surface area contributed by atoms with Gasteiger partial charge in [-0.3, -0.25) is 0 Å². The van der Waals surface area contributed by atoms with Crippen molar-refractivity contribution in [2.24, 2.45) is 11.1 Å². The van der Waals surface area contributed by atoms with Gasteiger partial charge in [0.2, 0.25) is 0 Å². The van der Waals surface area contributed by atoms with Gasteiger partial charge in [0.1, 0.15) is 5.82 Å². The third kappa shape index (κ3) is 3.60. The molecule has 2 nitrogen and oxygen atoms in total. The van der Waals surface area contributed by atoms with Crippen LogP contribution in [0.5, 0.6) is 0 Å². The quantitative estimate of drug-likeness (QED) is 0.820. The predicted molar refractivity (Wildman–Crippen MR) is 66.0 cm³/mol. The highest BCUT2D eigenvalue weighted by Gasteiger charge is 2.31. The Morgan fingerprint density at radius 1 is 1.06 bits per heavy atom. The molecule has 0 aliphatic carbocycles. The van der Waals surface area contributed by atoms with Crippen molar-refractivity contribution in [1.82, 2.24) is 0 Å². The fourth-order valence-electron chi connectivity index (χ4n) is 1.50. The molecular weight excluding hydrogens is 267 g/mol. The average molecular weight is 284 g/mol. The summed E-state index contributed by atoms with van der Waals surface area (Å²) in [7, 11) is 0.